The van der Waals surface area contributed by atoms with Crippen molar-refractivity contribution in [2.45, 2.75) is 6.42 Å². The molecule has 0 spiro atoms. The fourth-order valence-electron chi connectivity index (χ4n) is 4.01. The molecule has 6 nitrogen and oxygen atoms in total. The molecule has 2 heterocycles. The Labute approximate surface area is 173 Å². The molecule has 2 aromatic heterocycles. The first-order valence-electron chi connectivity index (χ1n) is 9.91. The number of carbonyl (C=O) groups excluding carboxylic acids is 1. The number of nitrogens with two attached hydrogens (primary N) is 1. The molecule has 0 aliphatic heterocycles. The van der Waals surface area contributed by atoms with E-state index in [1.165, 1.54) is 0 Å². The monoisotopic (exact) mass is 395 g/mol. The smallest absolute Gasteiger partial charge is 0.228 e. The highest BCUT2D eigenvalue weighted by atomic mass is 16.2. The van der Waals surface area contributed by atoms with Gasteiger partial charge in [-0.1, -0.05) is 18.2 Å². The highest BCUT2D eigenvalue weighted by Crippen LogP contribution is 2.39. The first kappa shape index (κ1) is 18.2. The summed E-state index contributed by atoms with van der Waals surface area (Å²) < 4.78 is 0. The third-order valence-electron chi connectivity index (χ3n) is 5.70. The van der Waals surface area contributed by atoms with Gasteiger partial charge in [-0.25, -0.2) is 4.98 Å². The van der Waals surface area contributed by atoms with Crippen molar-refractivity contribution in [2.24, 2.45) is 16.8 Å². The van der Waals surface area contributed by atoms with Gasteiger partial charge in [0.2, 0.25) is 5.91 Å². The predicted molar refractivity (Wildman–Crippen MR) is 122 cm³/mol. The molecule has 1 amide bonds. The van der Waals surface area contributed by atoms with Crippen LogP contribution in [0.15, 0.2) is 65.9 Å². The summed E-state index contributed by atoms with van der Waals surface area (Å²) in [5, 5.41) is 5.78. The van der Waals surface area contributed by atoms with Crippen molar-refractivity contribution in [1.82, 2.24) is 9.97 Å². The van der Waals surface area contributed by atoms with Crippen molar-refractivity contribution >= 4 is 45.8 Å². The molecule has 30 heavy (non-hydrogen) atoms. The number of pyridine rings is 2. The van der Waals surface area contributed by atoms with Crippen LogP contribution in [0.1, 0.15) is 6.42 Å². The number of rotatable bonds is 5. The van der Waals surface area contributed by atoms with E-state index in [0.717, 1.165) is 39.2 Å². The van der Waals surface area contributed by atoms with E-state index in [2.05, 4.69) is 39.1 Å². The van der Waals surface area contributed by atoms with Gasteiger partial charge in [0.1, 0.15) is 5.82 Å². The van der Waals surface area contributed by atoms with Crippen LogP contribution in [-0.4, -0.2) is 29.1 Å². The van der Waals surface area contributed by atoms with Crippen molar-refractivity contribution in [3.63, 3.8) is 0 Å². The number of nitrogens with zero attached hydrogens (tertiary/aromatic N) is 3. The summed E-state index contributed by atoms with van der Waals surface area (Å²) in [4.78, 5) is 25.2. The van der Waals surface area contributed by atoms with Gasteiger partial charge in [0.05, 0.1) is 5.52 Å². The molecule has 5 rings (SSSR count). The van der Waals surface area contributed by atoms with Crippen LogP contribution < -0.4 is 11.1 Å². The largest absolute Gasteiger partial charge is 0.398 e. The summed E-state index contributed by atoms with van der Waals surface area (Å²) >= 11 is 0. The van der Waals surface area contributed by atoms with E-state index in [9.17, 15) is 4.79 Å². The lowest BCUT2D eigenvalue weighted by molar-refractivity contribution is -0.117. The number of benzene rings is 2. The summed E-state index contributed by atoms with van der Waals surface area (Å²) in [6, 6.07) is 15.9. The van der Waals surface area contributed by atoms with Gasteiger partial charge in [0.15, 0.2) is 0 Å². The van der Waals surface area contributed by atoms with Gasteiger partial charge in [-0.3, -0.25) is 9.78 Å². The normalized spacial score (nSPS) is 17.7. The Kier molecular flexibility index (Phi) is 4.39. The maximum Gasteiger partial charge on any atom is 0.228 e. The second-order valence-corrected chi connectivity index (χ2v) is 7.73. The van der Waals surface area contributed by atoms with Crippen LogP contribution in [0.4, 0.5) is 11.5 Å². The van der Waals surface area contributed by atoms with E-state index in [1.54, 1.807) is 12.4 Å². The van der Waals surface area contributed by atoms with Crippen LogP contribution >= 0.6 is 0 Å². The molecular formula is C24H21N5O. The molecule has 2 aromatic carbocycles. The SMILES string of the molecule is C=NC[C@H]1C[C@@H]1C(=O)Nc1cc2cc(-c3ccnc4ccccc34)cc(N)c2cn1. The zero-order valence-corrected chi connectivity index (χ0v) is 16.4. The van der Waals surface area contributed by atoms with Gasteiger partial charge >= 0.3 is 0 Å². The third-order valence-corrected chi connectivity index (χ3v) is 5.70. The number of aliphatic imine (C=N–C) groups is 1. The van der Waals surface area contributed by atoms with Crippen LogP contribution in [0.2, 0.25) is 0 Å². The summed E-state index contributed by atoms with van der Waals surface area (Å²) in [5.41, 5.74) is 9.99. The van der Waals surface area contributed by atoms with Gasteiger partial charge < -0.3 is 16.0 Å². The molecule has 4 aromatic rings. The van der Waals surface area contributed by atoms with Gasteiger partial charge in [0, 0.05) is 41.3 Å². The zero-order valence-electron chi connectivity index (χ0n) is 16.4. The minimum Gasteiger partial charge on any atom is -0.398 e. The van der Waals surface area contributed by atoms with Gasteiger partial charge in [-0.15, -0.1) is 0 Å². The van der Waals surface area contributed by atoms with E-state index in [1.807, 2.05) is 36.4 Å². The Hall–Kier alpha value is -3.80. The number of nitrogens with one attached hydrogen (secondary N) is 1. The highest BCUT2D eigenvalue weighted by molar-refractivity contribution is 6.03. The lowest BCUT2D eigenvalue weighted by atomic mass is 9.98. The predicted octanol–water partition coefficient (Wildman–Crippen LogP) is 4.31. The van der Waals surface area contributed by atoms with Gasteiger partial charge in [-0.05, 0) is 65.9 Å². The average molecular weight is 395 g/mol. The summed E-state index contributed by atoms with van der Waals surface area (Å²) in [5.74, 6) is 0.804. The number of amides is 1. The Balaban J connectivity index is 1.51. The number of fused-ring (bicyclic) bond motifs is 2. The number of nitrogen functional groups attached to an aromatic ring is 1. The number of hydrogen-bond acceptors (Lipinski definition) is 5. The van der Waals surface area contributed by atoms with E-state index < -0.39 is 0 Å². The zero-order chi connectivity index (χ0) is 20.7. The molecule has 0 unspecified atom stereocenters. The second-order valence-electron chi connectivity index (χ2n) is 7.73. The van der Waals surface area contributed by atoms with Gasteiger partial charge in [-0.2, -0.15) is 0 Å². The summed E-state index contributed by atoms with van der Waals surface area (Å²) in [7, 11) is 0. The van der Waals surface area contributed by atoms with Crippen molar-refractivity contribution in [2.75, 3.05) is 17.6 Å². The molecule has 0 saturated heterocycles. The quantitative estimate of drug-likeness (QED) is 0.389. The molecule has 6 heteroatoms. The molecule has 1 aliphatic carbocycles. The molecule has 1 saturated carbocycles. The lowest BCUT2D eigenvalue weighted by Gasteiger charge is -2.11. The summed E-state index contributed by atoms with van der Waals surface area (Å²) in [6.45, 7) is 4.13. The first-order valence-corrected chi connectivity index (χ1v) is 9.91. The standard InChI is InChI=1S/C24H21N5O/c1-26-12-16-9-19(16)24(30)29-23-11-15-8-14(10-21(25)20(15)13-28-23)17-6-7-27-22-5-3-2-4-18(17)22/h2-8,10-11,13,16,19H,1,9,12,25H2,(H,28,29,30)/t16-,19+/m1/s1. The number of aromatic nitrogens is 2. The topological polar surface area (TPSA) is 93.3 Å². The third kappa shape index (κ3) is 3.26. The number of anilines is 2. The van der Waals surface area contributed by atoms with Crippen molar-refractivity contribution in [3.8, 4) is 11.1 Å². The highest BCUT2D eigenvalue weighted by Gasteiger charge is 2.42. The Bertz CT molecular complexity index is 1290. The molecule has 1 aliphatic rings. The Morgan fingerprint density at radius 2 is 2.03 bits per heavy atom. The maximum absolute atomic E-state index is 12.5. The fourth-order valence-corrected chi connectivity index (χ4v) is 4.01. The van der Waals surface area contributed by atoms with Gasteiger partial charge in [0.25, 0.3) is 0 Å². The number of para-hydroxylation sites is 1. The molecule has 0 radical (unpaired) electrons. The molecule has 0 bridgehead atoms. The molecule has 3 N–H and O–H groups in total. The lowest BCUT2D eigenvalue weighted by Crippen LogP contribution is -2.16. The molecule has 2 atom stereocenters. The number of carbonyl (C=O) groups is 1. The number of hydrogen-bond donors (Lipinski definition) is 2. The van der Waals surface area contributed by atoms with E-state index in [-0.39, 0.29) is 11.8 Å². The van der Waals surface area contributed by atoms with Crippen LogP contribution in [0.5, 0.6) is 0 Å². The first-order chi connectivity index (χ1) is 14.6. The Morgan fingerprint density at radius 3 is 2.90 bits per heavy atom. The van der Waals surface area contributed by atoms with Crippen LogP contribution in [-0.2, 0) is 4.79 Å². The molecular weight excluding hydrogens is 374 g/mol. The van der Waals surface area contributed by atoms with Crippen molar-refractivity contribution in [1.29, 1.82) is 0 Å². The van der Waals surface area contributed by atoms with Crippen molar-refractivity contribution < 1.29 is 4.79 Å². The van der Waals surface area contributed by atoms with Crippen LogP contribution in [0, 0.1) is 11.8 Å². The minimum absolute atomic E-state index is 0.00687. The van der Waals surface area contributed by atoms with E-state index >= 15 is 0 Å². The Morgan fingerprint density at radius 1 is 1.17 bits per heavy atom. The van der Waals surface area contributed by atoms with E-state index in [4.69, 9.17) is 5.73 Å². The molecule has 1 fully saturated rings. The second kappa shape index (κ2) is 7.22. The summed E-state index contributed by atoms with van der Waals surface area (Å²) in [6.07, 6.45) is 4.37. The van der Waals surface area contributed by atoms with Crippen LogP contribution in [0.3, 0.4) is 0 Å². The van der Waals surface area contributed by atoms with Crippen LogP contribution in [0.25, 0.3) is 32.8 Å². The fraction of sp³-hybridized carbons (Fsp3) is 0.167. The van der Waals surface area contributed by atoms with E-state index in [0.29, 0.717) is 24.0 Å². The maximum atomic E-state index is 12.5. The average Bonchev–Trinajstić information content (AvgIpc) is 3.53. The molecule has 148 valence electrons. The van der Waals surface area contributed by atoms with Crippen molar-refractivity contribution in [3.05, 3.63) is 60.9 Å². The minimum atomic E-state index is -0.0141.